The van der Waals surface area contributed by atoms with Crippen LogP contribution in [0.2, 0.25) is 0 Å². The molecule has 2 aromatic rings. The van der Waals surface area contributed by atoms with Crippen molar-refractivity contribution in [1.29, 1.82) is 0 Å². The minimum Gasteiger partial charge on any atom is -0.316 e. The number of benzene rings is 1. The molecule has 1 aromatic heterocycles. The highest BCUT2D eigenvalue weighted by Gasteiger charge is 2.41. The van der Waals surface area contributed by atoms with Gasteiger partial charge < -0.3 is 5.32 Å². The van der Waals surface area contributed by atoms with Crippen molar-refractivity contribution in [3.05, 3.63) is 34.7 Å². The second kappa shape index (κ2) is 5.30. The average molecular weight is 287 g/mol. The Morgan fingerprint density at radius 3 is 2.85 bits per heavy atom. The molecule has 1 fully saturated rings. The van der Waals surface area contributed by atoms with E-state index in [0.29, 0.717) is 5.78 Å². The second-order valence-corrected chi connectivity index (χ2v) is 6.89. The first-order chi connectivity index (χ1) is 9.68. The monoisotopic (exact) mass is 287 g/mol. The molecule has 106 valence electrons. The number of ketones is 1. The van der Waals surface area contributed by atoms with Gasteiger partial charge in [-0.05, 0) is 43.3 Å². The van der Waals surface area contributed by atoms with Crippen LogP contribution in [0, 0.1) is 12.3 Å². The molecule has 0 amide bonds. The Labute approximate surface area is 124 Å². The number of fused-ring (bicyclic) bond motifs is 1. The Morgan fingerprint density at radius 1 is 1.40 bits per heavy atom. The fraction of sp³-hybridized carbons (Fsp3) is 0.471. The Balaban J connectivity index is 2.05. The number of nitrogens with one attached hydrogen (secondary N) is 1. The van der Waals surface area contributed by atoms with Crippen LogP contribution in [0.3, 0.4) is 0 Å². The lowest BCUT2D eigenvalue weighted by molar-refractivity contribution is 0.0806. The minimum atomic E-state index is -0.166. The third kappa shape index (κ3) is 2.09. The first kappa shape index (κ1) is 13.8. The number of rotatable bonds is 4. The molecule has 0 saturated carbocycles. The van der Waals surface area contributed by atoms with E-state index in [-0.39, 0.29) is 5.41 Å². The summed E-state index contributed by atoms with van der Waals surface area (Å²) in [6.07, 6.45) is 3.04. The molecule has 0 spiro atoms. The molecule has 20 heavy (non-hydrogen) atoms. The van der Waals surface area contributed by atoms with Gasteiger partial charge >= 0.3 is 0 Å². The van der Waals surface area contributed by atoms with Crippen LogP contribution in [0.1, 0.15) is 41.4 Å². The Kier molecular flexibility index (Phi) is 3.65. The zero-order valence-corrected chi connectivity index (χ0v) is 13.0. The van der Waals surface area contributed by atoms with E-state index in [1.165, 1.54) is 10.1 Å². The summed E-state index contributed by atoms with van der Waals surface area (Å²) < 4.78 is 1.23. The number of hydrogen-bond donors (Lipinski definition) is 1. The van der Waals surface area contributed by atoms with Gasteiger partial charge in [-0.2, -0.15) is 0 Å². The predicted molar refractivity (Wildman–Crippen MR) is 85.7 cm³/mol. The quantitative estimate of drug-likeness (QED) is 0.855. The zero-order valence-electron chi connectivity index (χ0n) is 12.2. The molecule has 1 aliphatic rings. The van der Waals surface area contributed by atoms with E-state index in [9.17, 15) is 4.79 Å². The van der Waals surface area contributed by atoms with Crippen LogP contribution in [-0.2, 0) is 0 Å². The topological polar surface area (TPSA) is 29.1 Å². The molecule has 2 heterocycles. The molecule has 1 aromatic carbocycles. The number of thiophene rings is 1. The Bertz CT molecular complexity index is 637. The zero-order chi connectivity index (χ0) is 14.2. The Morgan fingerprint density at radius 2 is 2.20 bits per heavy atom. The van der Waals surface area contributed by atoms with E-state index in [2.05, 4.69) is 37.4 Å². The van der Waals surface area contributed by atoms with Crippen LogP contribution in [0.15, 0.2) is 24.3 Å². The van der Waals surface area contributed by atoms with E-state index >= 15 is 0 Å². The van der Waals surface area contributed by atoms with E-state index in [1.54, 1.807) is 11.3 Å². The summed E-state index contributed by atoms with van der Waals surface area (Å²) in [4.78, 5) is 14.1. The lowest BCUT2D eigenvalue weighted by Gasteiger charge is -2.25. The first-order valence-electron chi connectivity index (χ1n) is 7.41. The van der Waals surface area contributed by atoms with Crippen molar-refractivity contribution in [2.75, 3.05) is 13.1 Å². The highest BCUT2D eigenvalue weighted by molar-refractivity contribution is 7.21. The average Bonchev–Trinajstić information content (AvgIpc) is 3.05. The number of carbonyl (C=O) groups is 1. The molecule has 0 aliphatic carbocycles. The third-order valence-corrected chi connectivity index (χ3v) is 5.78. The molecular weight excluding hydrogens is 266 g/mol. The maximum atomic E-state index is 13.1. The van der Waals surface area contributed by atoms with Gasteiger partial charge in [0, 0.05) is 16.7 Å². The third-order valence-electron chi connectivity index (χ3n) is 4.50. The van der Waals surface area contributed by atoms with E-state index in [1.807, 2.05) is 6.07 Å². The van der Waals surface area contributed by atoms with Gasteiger partial charge in [-0.1, -0.05) is 31.5 Å². The van der Waals surface area contributed by atoms with E-state index in [0.717, 1.165) is 42.8 Å². The van der Waals surface area contributed by atoms with Crippen LogP contribution >= 0.6 is 11.3 Å². The maximum absolute atomic E-state index is 13.1. The summed E-state index contributed by atoms with van der Waals surface area (Å²) in [5, 5.41) is 4.62. The van der Waals surface area contributed by atoms with Gasteiger partial charge in [-0.3, -0.25) is 4.79 Å². The van der Waals surface area contributed by atoms with Gasteiger partial charge in [0.1, 0.15) is 0 Å². The summed E-state index contributed by atoms with van der Waals surface area (Å²) in [6.45, 7) is 6.07. The van der Waals surface area contributed by atoms with Crippen LogP contribution in [0.25, 0.3) is 10.1 Å². The maximum Gasteiger partial charge on any atom is 0.180 e. The second-order valence-electron chi connectivity index (χ2n) is 5.84. The standard InChI is InChI=1S/C17H21NOS/c1-3-8-17(9-10-18-11-17)16(19)15-12(2)13-6-4-5-7-14(13)20-15/h4-7,18H,3,8-11H2,1-2H3. The molecule has 1 saturated heterocycles. The van der Waals surface area contributed by atoms with Gasteiger partial charge in [0.05, 0.1) is 4.88 Å². The SMILES string of the molecule is CCCC1(C(=O)c2sc3ccccc3c2C)CCNC1. The lowest BCUT2D eigenvalue weighted by atomic mass is 9.77. The van der Waals surface area contributed by atoms with Gasteiger partial charge in [0.2, 0.25) is 0 Å². The summed E-state index contributed by atoms with van der Waals surface area (Å²) in [7, 11) is 0. The normalized spacial score (nSPS) is 22.5. The molecule has 0 radical (unpaired) electrons. The summed E-state index contributed by atoms with van der Waals surface area (Å²) in [5.41, 5.74) is 0.999. The summed E-state index contributed by atoms with van der Waals surface area (Å²) in [6, 6.07) is 8.33. The first-order valence-corrected chi connectivity index (χ1v) is 8.23. The predicted octanol–water partition coefficient (Wildman–Crippen LogP) is 4.17. The summed E-state index contributed by atoms with van der Waals surface area (Å²) >= 11 is 1.67. The molecule has 1 atom stereocenters. The number of hydrogen-bond acceptors (Lipinski definition) is 3. The molecule has 1 N–H and O–H groups in total. The van der Waals surface area contributed by atoms with E-state index < -0.39 is 0 Å². The van der Waals surface area contributed by atoms with Crippen molar-refractivity contribution < 1.29 is 4.79 Å². The van der Waals surface area contributed by atoms with Crippen molar-refractivity contribution in [3.8, 4) is 0 Å². The fourth-order valence-electron chi connectivity index (χ4n) is 3.37. The van der Waals surface area contributed by atoms with Crippen molar-refractivity contribution in [2.24, 2.45) is 5.41 Å². The number of carbonyl (C=O) groups excluding carboxylic acids is 1. The molecule has 0 bridgehead atoms. The highest BCUT2D eigenvalue weighted by atomic mass is 32.1. The lowest BCUT2D eigenvalue weighted by Crippen LogP contribution is -2.33. The van der Waals surface area contributed by atoms with Crippen LogP contribution in [0.5, 0.6) is 0 Å². The van der Waals surface area contributed by atoms with Crippen molar-refractivity contribution in [3.63, 3.8) is 0 Å². The highest BCUT2D eigenvalue weighted by Crippen LogP contribution is 2.40. The molecule has 1 unspecified atom stereocenters. The van der Waals surface area contributed by atoms with Crippen LogP contribution in [0.4, 0.5) is 0 Å². The smallest absolute Gasteiger partial charge is 0.180 e. The van der Waals surface area contributed by atoms with Gasteiger partial charge in [0.15, 0.2) is 5.78 Å². The molecule has 2 nitrogen and oxygen atoms in total. The summed E-state index contributed by atoms with van der Waals surface area (Å²) in [5.74, 6) is 0.364. The van der Waals surface area contributed by atoms with Crippen LogP contribution < -0.4 is 5.32 Å². The molecule has 1 aliphatic heterocycles. The number of aryl methyl sites for hydroxylation is 1. The largest absolute Gasteiger partial charge is 0.316 e. The number of Topliss-reactive ketones (excluding diaryl/α,β-unsaturated/α-hetero) is 1. The van der Waals surface area contributed by atoms with Crippen molar-refractivity contribution in [1.82, 2.24) is 5.32 Å². The fourth-order valence-corrected chi connectivity index (χ4v) is 4.64. The molecular formula is C17H21NOS. The van der Waals surface area contributed by atoms with Gasteiger partial charge in [0.25, 0.3) is 0 Å². The van der Waals surface area contributed by atoms with Gasteiger partial charge in [-0.25, -0.2) is 0 Å². The molecule has 3 rings (SSSR count). The minimum absolute atomic E-state index is 0.166. The molecule has 3 heteroatoms. The van der Waals surface area contributed by atoms with Crippen LogP contribution in [-0.4, -0.2) is 18.9 Å². The van der Waals surface area contributed by atoms with Gasteiger partial charge in [-0.15, -0.1) is 11.3 Å². The van der Waals surface area contributed by atoms with E-state index in [4.69, 9.17) is 0 Å². The Hall–Kier alpha value is -1.19. The van der Waals surface area contributed by atoms with Crippen molar-refractivity contribution in [2.45, 2.75) is 33.1 Å². The van der Waals surface area contributed by atoms with Crippen molar-refractivity contribution >= 4 is 27.2 Å².